The molecule has 28 heavy (non-hydrogen) atoms. The zero-order chi connectivity index (χ0) is 20.1. The Morgan fingerprint density at radius 1 is 0.929 bits per heavy atom. The van der Waals surface area contributed by atoms with E-state index >= 15 is 0 Å². The molecule has 0 aliphatic heterocycles. The van der Waals surface area contributed by atoms with Gasteiger partial charge in [-0.2, -0.15) is 9.61 Å². The second-order valence-electron chi connectivity index (χ2n) is 5.94. The molecule has 2 aromatic carbocycles. The highest BCUT2D eigenvalue weighted by Gasteiger charge is 2.35. The van der Waals surface area contributed by atoms with E-state index in [2.05, 4.69) is 5.10 Å². The van der Waals surface area contributed by atoms with Crippen LogP contribution in [0.3, 0.4) is 0 Å². The van der Waals surface area contributed by atoms with E-state index in [1.54, 1.807) is 30.3 Å². The van der Waals surface area contributed by atoms with Gasteiger partial charge in [0.25, 0.3) is 5.56 Å². The molecule has 0 fully saturated rings. The first-order chi connectivity index (χ1) is 13.3. The largest absolute Gasteiger partial charge is 0.490 e. The lowest BCUT2D eigenvalue weighted by Crippen LogP contribution is -2.24. The van der Waals surface area contributed by atoms with Crippen molar-refractivity contribution in [1.82, 2.24) is 14.2 Å². The number of benzene rings is 2. The van der Waals surface area contributed by atoms with Crippen molar-refractivity contribution in [3.05, 3.63) is 82.8 Å². The van der Waals surface area contributed by atoms with Crippen LogP contribution in [0.2, 0.25) is 0 Å². The Morgan fingerprint density at radius 3 is 2.29 bits per heavy atom. The van der Waals surface area contributed by atoms with Crippen molar-refractivity contribution in [2.24, 2.45) is 0 Å². The molecule has 0 amide bonds. The summed E-state index contributed by atoms with van der Waals surface area (Å²) >= 11 is 0. The van der Waals surface area contributed by atoms with E-state index < -0.39 is 29.1 Å². The summed E-state index contributed by atoms with van der Waals surface area (Å²) in [5.41, 5.74) is -1.71. The maximum Gasteiger partial charge on any atom is 0.490 e. The zero-order valence-corrected chi connectivity index (χ0v) is 13.9. The molecule has 0 aliphatic rings. The zero-order valence-electron chi connectivity index (χ0n) is 13.9. The molecule has 9 heteroatoms. The number of aromatic nitrogens is 3. The molecule has 0 N–H and O–H groups in total. The highest BCUT2D eigenvalue weighted by molar-refractivity contribution is 5.91. The van der Waals surface area contributed by atoms with Crippen LogP contribution in [0.5, 0.6) is 0 Å². The first-order valence-corrected chi connectivity index (χ1v) is 8.00. The fraction of sp³-hybridized carbons (Fsp3) is 0.0526. The first kappa shape index (κ1) is 17.9. The maximum atomic E-state index is 14.5. The van der Waals surface area contributed by atoms with E-state index in [4.69, 9.17) is 0 Å². The summed E-state index contributed by atoms with van der Waals surface area (Å²) in [5.74, 6) is -1.95. The number of rotatable bonds is 2. The minimum Gasteiger partial charge on any atom is -0.267 e. The van der Waals surface area contributed by atoms with Crippen LogP contribution in [-0.4, -0.2) is 14.2 Å². The molecule has 0 saturated carbocycles. The summed E-state index contributed by atoms with van der Waals surface area (Å²) in [6, 6.07) is 11.3. The van der Waals surface area contributed by atoms with Crippen LogP contribution >= 0.6 is 0 Å². The predicted octanol–water partition coefficient (Wildman–Crippen LogP) is 4.58. The third-order valence-electron chi connectivity index (χ3n) is 4.19. The number of hydrogen-bond donors (Lipinski definition) is 0. The second kappa shape index (κ2) is 6.29. The Bertz CT molecular complexity index is 1240. The Balaban J connectivity index is 2.21. The number of alkyl halides is 3. The van der Waals surface area contributed by atoms with Crippen molar-refractivity contribution >= 4 is 5.65 Å². The third-order valence-corrected chi connectivity index (χ3v) is 4.19. The van der Waals surface area contributed by atoms with Crippen LogP contribution in [0.25, 0.3) is 28.0 Å². The van der Waals surface area contributed by atoms with E-state index in [1.165, 1.54) is 0 Å². The van der Waals surface area contributed by atoms with Gasteiger partial charge in [0.15, 0.2) is 5.65 Å². The molecule has 2 aromatic heterocycles. The van der Waals surface area contributed by atoms with Gasteiger partial charge in [0.05, 0.1) is 5.56 Å². The van der Waals surface area contributed by atoms with Crippen LogP contribution in [0.4, 0.5) is 22.0 Å². The summed E-state index contributed by atoms with van der Waals surface area (Å²) < 4.78 is 69.1. The number of hydrogen-bond acceptors (Lipinski definition) is 2. The van der Waals surface area contributed by atoms with E-state index in [9.17, 15) is 26.7 Å². The second-order valence-corrected chi connectivity index (χ2v) is 5.94. The van der Waals surface area contributed by atoms with Crippen molar-refractivity contribution in [3.63, 3.8) is 0 Å². The monoisotopic (exact) mass is 391 g/mol. The Labute approximate surface area is 154 Å². The summed E-state index contributed by atoms with van der Waals surface area (Å²) in [7, 11) is 0. The minimum atomic E-state index is -4.89. The molecule has 4 nitrogen and oxygen atoms in total. The van der Waals surface area contributed by atoms with Gasteiger partial charge in [-0.05, 0) is 12.1 Å². The predicted molar refractivity (Wildman–Crippen MR) is 91.5 cm³/mol. The number of nitrogens with zero attached hydrogens (tertiary/aromatic N) is 3. The summed E-state index contributed by atoms with van der Waals surface area (Å²) in [4.78, 5) is 12.2. The average Bonchev–Trinajstić information content (AvgIpc) is 3.03. The Morgan fingerprint density at radius 2 is 1.64 bits per heavy atom. The van der Waals surface area contributed by atoms with Crippen molar-refractivity contribution in [3.8, 4) is 22.4 Å². The lowest BCUT2D eigenvalue weighted by atomic mass is 10.0. The molecule has 4 rings (SSSR count). The van der Waals surface area contributed by atoms with Gasteiger partial charge in [-0.1, -0.05) is 30.3 Å². The molecule has 0 radical (unpaired) electrons. The Hall–Kier alpha value is -3.49. The topological polar surface area (TPSA) is 39.3 Å². The van der Waals surface area contributed by atoms with Gasteiger partial charge in [0.1, 0.15) is 17.3 Å². The number of halogens is 5. The average molecular weight is 391 g/mol. The van der Waals surface area contributed by atoms with Crippen LogP contribution in [0.1, 0.15) is 0 Å². The van der Waals surface area contributed by atoms with Gasteiger partial charge >= 0.3 is 6.30 Å². The van der Waals surface area contributed by atoms with E-state index in [1.807, 2.05) is 0 Å². The van der Waals surface area contributed by atoms with E-state index in [0.29, 0.717) is 28.4 Å². The van der Waals surface area contributed by atoms with Crippen LogP contribution < -0.4 is 5.56 Å². The van der Waals surface area contributed by atoms with Gasteiger partial charge in [0, 0.05) is 29.5 Å². The highest BCUT2D eigenvalue weighted by atomic mass is 19.4. The Kier molecular flexibility index (Phi) is 4.02. The van der Waals surface area contributed by atoms with Crippen molar-refractivity contribution < 1.29 is 22.0 Å². The molecule has 2 heterocycles. The molecule has 142 valence electrons. The summed E-state index contributed by atoms with van der Waals surface area (Å²) in [6.45, 7) is 0. The van der Waals surface area contributed by atoms with Crippen molar-refractivity contribution in [2.45, 2.75) is 6.30 Å². The van der Waals surface area contributed by atoms with Crippen LogP contribution in [0, 0.1) is 11.6 Å². The minimum absolute atomic E-state index is 0.0348. The highest BCUT2D eigenvalue weighted by Crippen LogP contribution is 2.38. The molecule has 4 aromatic rings. The van der Waals surface area contributed by atoms with Gasteiger partial charge in [-0.3, -0.25) is 4.79 Å². The smallest absolute Gasteiger partial charge is 0.267 e. The van der Waals surface area contributed by atoms with Gasteiger partial charge in [0.2, 0.25) is 0 Å². The molecular weight excluding hydrogens is 381 g/mol. The van der Waals surface area contributed by atoms with Crippen LogP contribution in [-0.2, 0) is 6.30 Å². The third kappa shape index (κ3) is 2.84. The first-order valence-electron chi connectivity index (χ1n) is 8.00. The normalized spacial score (nSPS) is 11.9. The molecule has 0 atom stereocenters. The lowest BCUT2D eigenvalue weighted by molar-refractivity contribution is -0.201. The standard InChI is InChI=1S/C19H10F5N3O/c20-12-6-7-13(14(21)10-12)16-17(11-4-2-1-3-5-11)25-27-15(28)8-9-26(18(16)27)19(22,23)24/h1-10H. The SMILES string of the molecule is O=c1ccn(C(F)(F)F)c2c(-c3ccc(F)cc3F)c(-c3ccccc3)nn12. The van der Waals surface area contributed by atoms with E-state index in [0.717, 1.165) is 12.1 Å². The fourth-order valence-electron chi connectivity index (χ4n) is 3.01. The number of fused-ring (bicyclic) bond motifs is 1. The summed E-state index contributed by atoms with van der Waals surface area (Å²) in [5, 5.41) is 4.02. The van der Waals surface area contributed by atoms with Gasteiger partial charge in [-0.25, -0.2) is 13.3 Å². The maximum absolute atomic E-state index is 14.5. The van der Waals surface area contributed by atoms with Crippen LogP contribution in [0.15, 0.2) is 65.6 Å². The molecular formula is C19H10F5N3O. The van der Waals surface area contributed by atoms with Crippen molar-refractivity contribution in [2.75, 3.05) is 0 Å². The molecule has 0 bridgehead atoms. The van der Waals surface area contributed by atoms with Gasteiger partial charge < -0.3 is 0 Å². The fourth-order valence-corrected chi connectivity index (χ4v) is 3.01. The molecule has 0 saturated heterocycles. The lowest BCUT2D eigenvalue weighted by Gasteiger charge is -2.14. The molecule has 0 spiro atoms. The molecule has 0 aliphatic carbocycles. The summed E-state index contributed by atoms with van der Waals surface area (Å²) in [6.07, 6.45) is -4.34. The molecule has 0 unspecified atom stereocenters. The quantitative estimate of drug-likeness (QED) is 0.469. The van der Waals surface area contributed by atoms with Gasteiger partial charge in [-0.15, -0.1) is 13.2 Å². The van der Waals surface area contributed by atoms with Crippen molar-refractivity contribution in [1.29, 1.82) is 0 Å². The van der Waals surface area contributed by atoms with E-state index in [-0.39, 0.29) is 21.4 Å².